The zero-order valence-electron chi connectivity index (χ0n) is 20.2. The van der Waals surface area contributed by atoms with E-state index in [1.54, 1.807) is 20.8 Å². The van der Waals surface area contributed by atoms with Crippen LogP contribution in [0.5, 0.6) is 5.75 Å². The standard InChI is InChI=1S/C23H33F3N4O4/c1-6-19(31)28-8-10-30-17-11-15(12-20(32)29(9-7-27)14(2)3)16(23(24,25)26)13-18(17)34-22(4,5)21(30)33/h11,13-14H,6-10,12,27H2,1-5H3,(H,28,31). The number of hydrogen-bond acceptors (Lipinski definition) is 5. The zero-order chi connectivity index (χ0) is 25.8. The Balaban J connectivity index is 2.53. The molecule has 0 radical (unpaired) electrons. The molecule has 0 atom stereocenters. The van der Waals surface area contributed by atoms with Crippen LogP contribution in [0.4, 0.5) is 18.9 Å². The molecule has 1 aliphatic rings. The first-order valence-corrected chi connectivity index (χ1v) is 11.2. The average Bonchev–Trinajstić information content (AvgIpc) is 2.73. The molecule has 2 rings (SSSR count). The number of nitrogens with zero attached hydrogens (tertiary/aromatic N) is 2. The highest BCUT2D eigenvalue weighted by Crippen LogP contribution is 2.44. The lowest BCUT2D eigenvalue weighted by Gasteiger charge is -2.39. The Morgan fingerprint density at radius 1 is 1.26 bits per heavy atom. The number of nitrogens with two attached hydrogens (primary N) is 1. The van der Waals surface area contributed by atoms with Crippen molar-refractivity contribution in [3.05, 3.63) is 23.3 Å². The van der Waals surface area contributed by atoms with Gasteiger partial charge in [0.25, 0.3) is 5.91 Å². The summed E-state index contributed by atoms with van der Waals surface area (Å²) in [7, 11) is 0. The van der Waals surface area contributed by atoms with Crippen LogP contribution in [-0.4, -0.2) is 60.4 Å². The lowest BCUT2D eigenvalue weighted by Crippen LogP contribution is -2.54. The summed E-state index contributed by atoms with van der Waals surface area (Å²) in [6.45, 7) is 8.66. The van der Waals surface area contributed by atoms with Crippen LogP contribution in [0.15, 0.2) is 12.1 Å². The van der Waals surface area contributed by atoms with Gasteiger partial charge >= 0.3 is 6.18 Å². The molecule has 0 spiro atoms. The van der Waals surface area contributed by atoms with E-state index in [0.29, 0.717) is 0 Å². The van der Waals surface area contributed by atoms with Gasteiger partial charge in [0.2, 0.25) is 11.8 Å². The van der Waals surface area contributed by atoms with Gasteiger partial charge in [-0.1, -0.05) is 6.92 Å². The predicted octanol–water partition coefficient (Wildman–Crippen LogP) is 2.47. The third-order valence-electron chi connectivity index (χ3n) is 5.54. The van der Waals surface area contributed by atoms with Gasteiger partial charge < -0.3 is 25.6 Å². The number of alkyl halides is 3. The molecule has 11 heteroatoms. The average molecular weight is 487 g/mol. The van der Waals surface area contributed by atoms with E-state index < -0.39 is 35.6 Å². The quantitative estimate of drug-likeness (QED) is 0.558. The molecule has 8 nitrogen and oxygen atoms in total. The van der Waals surface area contributed by atoms with Crippen LogP contribution in [0.2, 0.25) is 0 Å². The third-order valence-corrected chi connectivity index (χ3v) is 5.54. The first-order chi connectivity index (χ1) is 15.7. The molecule has 34 heavy (non-hydrogen) atoms. The molecular weight excluding hydrogens is 453 g/mol. The highest BCUT2D eigenvalue weighted by molar-refractivity contribution is 6.02. The minimum absolute atomic E-state index is 0.0361. The molecule has 3 amide bonds. The van der Waals surface area contributed by atoms with Crippen LogP contribution in [0.25, 0.3) is 0 Å². The van der Waals surface area contributed by atoms with E-state index >= 15 is 0 Å². The van der Waals surface area contributed by atoms with Crippen molar-refractivity contribution in [2.45, 2.75) is 65.3 Å². The summed E-state index contributed by atoms with van der Waals surface area (Å²) in [6.07, 6.45) is -5.00. The van der Waals surface area contributed by atoms with Crippen molar-refractivity contribution in [2.75, 3.05) is 31.1 Å². The summed E-state index contributed by atoms with van der Waals surface area (Å²) in [5.41, 5.74) is 3.02. The van der Waals surface area contributed by atoms with E-state index in [9.17, 15) is 27.6 Å². The molecule has 1 aromatic rings. The van der Waals surface area contributed by atoms with Gasteiger partial charge in [-0.25, -0.2) is 0 Å². The van der Waals surface area contributed by atoms with Gasteiger partial charge in [-0.3, -0.25) is 14.4 Å². The number of nitrogens with one attached hydrogen (secondary N) is 1. The Morgan fingerprint density at radius 3 is 2.44 bits per heavy atom. The molecule has 0 saturated heterocycles. The molecule has 3 N–H and O–H groups in total. The number of carbonyl (C=O) groups is 3. The maximum Gasteiger partial charge on any atom is 0.416 e. The molecule has 0 aliphatic carbocycles. The molecule has 0 unspecified atom stereocenters. The Morgan fingerprint density at radius 2 is 1.91 bits per heavy atom. The molecule has 0 saturated carbocycles. The second-order valence-electron chi connectivity index (χ2n) is 8.89. The fourth-order valence-electron chi connectivity index (χ4n) is 3.80. The molecule has 1 aliphatic heterocycles. The van der Waals surface area contributed by atoms with Crippen molar-refractivity contribution in [3.8, 4) is 5.75 Å². The van der Waals surface area contributed by atoms with Gasteiger partial charge in [0.15, 0.2) is 5.60 Å². The van der Waals surface area contributed by atoms with Crippen LogP contribution in [0.3, 0.4) is 0 Å². The Bertz CT molecular complexity index is 932. The van der Waals surface area contributed by atoms with Crippen LogP contribution < -0.4 is 20.7 Å². The molecular formula is C23H33F3N4O4. The molecule has 0 bridgehead atoms. The highest BCUT2D eigenvalue weighted by Gasteiger charge is 2.43. The van der Waals surface area contributed by atoms with Gasteiger partial charge in [-0.15, -0.1) is 0 Å². The highest BCUT2D eigenvalue weighted by atomic mass is 19.4. The van der Waals surface area contributed by atoms with E-state index in [1.807, 2.05) is 0 Å². The van der Waals surface area contributed by atoms with E-state index in [2.05, 4.69) is 5.32 Å². The number of benzene rings is 1. The monoisotopic (exact) mass is 486 g/mol. The maximum atomic E-state index is 13.9. The van der Waals surface area contributed by atoms with E-state index in [0.717, 1.165) is 6.07 Å². The number of carbonyl (C=O) groups excluding carboxylic acids is 3. The van der Waals surface area contributed by atoms with Crippen LogP contribution in [0.1, 0.15) is 52.2 Å². The van der Waals surface area contributed by atoms with Crippen LogP contribution in [-0.2, 0) is 27.0 Å². The largest absolute Gasteiger partial charge is 0.476 e. The first kappa shape index (κ1) is 27.4. The minimum atomic E-state index is -4.74. The first-order valence-electron chi connectivity index (χ1n) is 11.2. The van der Waals surface area contributed by atoms with Crippen molar-refractivity contribution in [3.63, 3.8) is 0 Å². The maximum absolute atomic E-state index is 13.9. The fourth-order valence-corrected chi connectivity index (χ4v) is 3.80. The van der Waals surface area contributed by atoms with Gasteiger partial charge in [0, 0.05) is 38.6 Å². The summed E-state index contributed by atoms with van der Waals surface area (Å²) in [6, 6.07) is 1.78. The second kappa shape index (κ2) is 10.6. The van der Waals surface area contributed by atoms with E-state index in [4.69, 9.17) is 10.5 Å². The molecule has 0 aromatic heterocycles. The Labute approximate surface area is 197 Å². The predicted molar refractivity (Wildman–Crippen MR) is 121 cm³/mol. The number of amides is 3. The molecule has 1 heterocycles. The van der Waals surface area contributed by atoms with Crippen molar-refractivity contribution in [1.82, 2.24) is 10.2 Å². The second-order valence-corrected chi connectivity index (χ2v) is 8.89. The summed E-state index contributed by atoms with van der Waals surface area (Å²) in [5.74, 6) is -1.30. The molecule has 0 fully saturated rings. The summed E-state index contributed by atoms with van der Waals surface area (Å²) in [4.78, 5) is 40.2. The number of halogens is 3. The van der Waals surface area contributed by atoms with Crippen molar-refractivity contribution in [2.24, 2.45) is 5.73 Å². The summed E-state index contributed by atoms with van der Waals surface area (Å²) in [5, 5.41) is 2.66. The van der Waals surface area contributed by atoms with Crippen molar-refractivity contribution < 1.29 is 32.3 Å². The Hall–Kier alpha value is -2.82. The lowest BCUT2D eigenvalue weighted by atomic mass is 9.97. The number of ether oxygens (including phenoxy) is 1. The fraction of sp³-hybridized carbons (Fsp3) is 0.609. The topological polar surface area (TPSA) is 105 Å². The van der Waals surface area contributed by atoms with Gasteiger partial charge in [0.05, 0.1) is 17.7 Å². The normalized spacial score (nSPS) is 15.1. The number of anilines is 1. The lowest BCUT2D eigenvalue weighted by molar-refractivity contribution is -0.139. The van der Waals surface area contributed by atoms with Crippen LogP contribution in [0, 0.1) is 0 Å². The van der Waals surface area contributed by atoms with Crippen molar-refractivity contribution >= 4 is 23.4 Å². The van der Waals surface area contributed by atoms with E-state index in [1.165, 1.54) is 29.7 Å². The van der Waals surface area contributed by atoms with Gasteiger partial charge in [-0.2, -0.15) is 13.2 Å². The SMILES string of the molecule is CCC(=O)NCCN1C(=O)C(C)(C)Oc2cc(C(F)(F)F)c(CC(=O)N(CCN)C(C)C)cc21. The number of fused-ring (bicyclic) bond motifs is 1. The Kier molecular flexibility index (Phi) is 8.57. The molecule has 190 valence electrons. The van der Waals surface area contributed by atoms with Gasteiger partial charge in [-0.05, 0) is 45.4 Å². The zero-order valence-corrected chi connectivity index (χ0v) is 20.2. The van der Waals surface area contributed by atoms with Crippen molar-refractivity contribution in [1.29, 1.82) is 0 Å². The minimum Gasteiger partial charge on any atom is -0.476 e. The molecule has 1 aromatic carbocycles. The van der Waals surface area contributed by atoms with E-state index in [-0.39, 0.29) is 61.5 Å². The number of rotatable bonds is 9. The van der Waals surface area contributed by atoms with Crippen LogP contribution >= 0.6 is 0 Å². The summed E-state index contributed by atoms with van der Waals surface area (Å²) >= 11 is 0. The van der Waals surface area contributed by atoms with Gasteiger partial charge in [0.1, 0.15) is 5.75 Å². The smallest absolute Gasteiger partial charge is 0.416 e. The number of hydrogen-bond donors (Lipinski definition) is 2. The third kappa shape index (κ3) is 6.19. The summed E-state index contributed by atoms with van der Waals surface area (Å²) < 4.78 is 47.5.